The molecule has 0 heterocycles. The van der Waals surface area contributed by atoms with Crippen LogP contribution in [0, 0.1) is 6.92 Å². The molecule has 6 nitrogen and oxygen atoms in total. The predicted octanol–water partition coefficient (Wildman–Crippen LogP) is 3.31. The first-order chi connectivity index (χ1) is 11.6. The topological polar surface area (TPSA) is 75.7 Å². The van der Waals surface area contributed by atoms with E-state index in [1.165, 1.54) is 20.2 Å². The monoisotopic (exact) mass is 382 g/mol. The molecule has 0 radical (unpaired) electrons. The third-order valence-corrected chi connectivity index (χ3v) is 5.33. The lowest BCUT2D eigenvalue weighted by Crippen LogP contribution is -2.25. The van der Waals surface area contributed by atoms with Crippen molar-refractivity contribution in [3.63, 3.8) is 0 Å². The number of aryl methyl sites for hydroxylation is 1. The Balaban J connectivity index is 2.38. The van der Waals surface area contributed by atoms with Gasteiger partial charge in [-0.2, -0.15) is 0 Å². The van der Waals surface area contributed by atoms with Crippen molar-refractivity contribution >= 4 is 38.9 Å². The number of sulfonamides is 1. The van der Waals surface area contributed by atoms with Crippen LogP contribution >= 0.6 is 11.6 Å². The number of amides is 1. The molecule has 0 aliphatic heterocycles. The molecule has 0 bridgehead atoms. The molecule has 0 saturated heterocycles. The average molecular weight is 383 g/mol. The van der Waals surface area contributed by atoms with Crippen LogP contribution in [0.4, 0.5) is 11.4 Å². The van der Waals surface area contributed by atoms with Gasteiger partial charge in [0, 0.05) is 17.8 Å². The van der Waals surface area contributed by atoms with E-state index in [0.29, 0.717) is 22.1 Å². The molecule has 2 aromatic carbocycles. The van der Waals surface area contributed by atoms with Crippen molar-refractivity contribution in [3.05, 3.63) is 52.5 Å². The van der Waals surface area contributed by atoms with Crippen molar-refractivity contribution in [1.82, 2.24) is 0 Å². The van der Waals surface area contributed by atoms with E-state index in [2.05, 4.69) is 5.32 Å². The van der Waals surface area contributed by atoms with E-state index in [1.54, 1.807) is 30.3 Å². The smallest absolute Gasteiger partial charge is 0.259 e. The number of carbonyl (C=O) groups is 1. The summed E-state index contributed by atoms with van der Waals surface area (Å²) in [5.74, 6) is -0.0955. The highest BCUT2D eigenvalue weighted by Crippen LogP contribution is 2.27. The maximum absolute atomic E-state index is 12.6. The van der Waals surface area contributed by atoms with E-state index in [1.807, 2.05) is 6.92 Å². The Morgan fingerprint density at radius 2 is 1.88 bits per heavy atom. The molecule has 0 aliphatic carbocycles. The highest BCUT2D eigenvalue weighted by molar-refractivity contribution is 7.92. The molecule has 0 saturated carbocycles. The number of carbonyl (C=O) groups excluding carboxylic acids is 1. The van der Waals surface area contributed by atoms with E-state index in [-0.39, 0.29) is 5.56 Å². The van der Waals surface area contributed by atoms with Crippen LogP contribution in [-0.2, 0) is 10.0 Å². The lowest BCUT2D eigenvalue weighted by atomic mass is 10.1. The molecule has 0 unspecified atom stereocenters. The minimum absolute atomic E-state index is 0.215. The van der Waals surface area contributed by atoms with Crippen molar-refractivity contribution < 1.29 is 17.9 Å². The van der Waals surface area contributed by atoms with Crippen LogP contribution in [0.15, 0.2) is 36.4 Å². The van der Waals surface area contributed by atoms with Crippen LogP contribution in [0.1, 0.15) is 15.9 Å². The first-order valence-electron chi connectivity index (χ1n) is 7.33. The van der Waals surface area contributed by atoms with Gasteiger partial charge in [-0.1, -0.05) is 17.7 Å². The number of rotatable bonds is 5. The van der Waals surface area contributed by atoms with Gasteiger partial charge in [-0.3, -0.25) is 9.10 Å². The van der Waals surface area contributed by atoms with Gasteiger partial charge in [0.15, 0.2) is 0 Å². The second-order valence-electron chi connectivity index (χ2n) is 5.53. The lowest BCUT2D eigenvalue weighted by Gasteiger charge is -2.18. The molecule has 0 atom stereocenters. The Morgan fingerprint density at radius 1 is 1.20 bits per heavy atom. The zero-order chi connectivity index (χ0) is 18.8. The van der Waals surface area contributed by atoms with Gasteiger partial charge in [0.1, 0.15) is 5.75 Å². The van der Waals surface area contributed by atoms with Crippen molar-refractivity contribution in [2.24, 2.45) is 0 Å². The Hall–Kier alpha value is -2.25. The zero-order valence-electron chi connectivity index (χ0n) is 14.3. The summed E-state index contributed by atoms with van der Waals surface area (Å²) in [5.41, 5.74) is 2.00. The second kappa shape index (κ2) is 7.33. The third-order valence-electron chi connectivity index (χ3n) is 3.72. The van der Waals surface area contributed by atoms with Crippen molar-refractivity contribution in [2.75, 3.05) is 30.0 Å². The number of nitrogens with zero attached hydrogens (tertiary/aromatic N) is 1. The first kappa shape index (κ1) is 19.1. The Morgan fingerprint density at radius 3 is 2.44 bits per heavy atom. The van der Waals surface area contributed by atoms with E-state index >= 15 is 0 Å². The molecule has 0 aromatic heterocycles. The summed E-state index contributed by atoms with van der Waals surface area (Å²) in [6.07, 6.45) is 1.09. The SMILES string of the molecule is COc1ccc(N(C)S(C)(=O)=O)cc1C(=O)Nc1ccc(C)c(Cl)c1. The number of anilines is 2. The van der Waals surface area contributed by atoms with Gasteiger partial charge in [-0.25, -0.2) is 8.42 Å². The fourth-order valence-corrected chi connectivity index (χ4v) is 2.81. The number of hydrogen-bond donors (Lipinski definition) is 1. The van der Waals surface area contributed by atoms with Gasteiger partial charge in [-0.05, 0) is 42.8 Å². The Bertz CT molecular complexity index is 913. The summed E-state index contributed by atoms with van der Waals surface area (Å²) in [6, 6.07) is 9.76. The average Bonchev–Trinajstić information content (AvgIpc) is 2.56. The van der Waals surface area contributed by atoms with Crippen LogP contribution in [-0.4, -0.2) is 34.7 Å². The van der Waals surface area contributed by atoms with Crippen LogP contribution in [0.2, 0.25) is 5.02 Å². The number of ether oxygens (including phenoxy) is 1. The summed E-state index contributed by atoms with van der Waals surface area (Å²) in [5, 5.41) is 3.27. The Labute approximate surface area is 152 Å². The zero-order valence-corrected chi connectivity index (χ0v) is 15.9. The summed E-state index contributed by atoms with van der Waals surface area (Å²) >= 11 is 6.07. The maximum Gasteiger partial charge on any atom is 0.259 e. The van der Waals surface area contributed by atoms with Crippen molar-refractivity contribution in [3.8, 4) is 5.75 Å². The molecule has 8 heteroatoms. The van der Waals surface area contributed by atoms with E-state index in [9.17, 15) is 13.2 Å². The van der Waals surface area contributed by atoms with Gasteiger partial charge < -0.3 is 10.1 Å². The van der Waals surface area contributed by atoms with Crippen LogP contribution in [0.25, 0.3) is 0 Å². The largest absolute Gasteiger partial charge is 0.496 e. The van der Waals surface area contributed by atoms with Crippen LogP contribution < -0.4 is 14.4 Å². The highest BCUT2D eigenvalue weighted by atomic mass is 35.5. The molecule has 25 heavy (non-hydrogen) atoms. The third kappa shape index (κ3) is 4.43. The fraction of sp³-hybridized carbons (Fsp3) is 0.235. The molecule has 0 fully saturated rings. The minimum atomic E-state index is -3.44. The Kier molecular flexibility index (Phi) is 5.59. The molecular weight excluding hydrogens is 364 g/mol. The van der Waals surface area contributed by atoms with E-state index in [0.717, 1.165) is 16.1 Å². The molecule has 0 spiro atoms. The highest BCUT2D eigenvalue weighted by Gasteiger charge is 2.18. The molecular formula is C17H19ClN2O4S. The van der Waals surface area contributed by atoms with Gasteiger partial charge in [-0.15, -0.1) is 0 Å². The maximum atomic E-state index is 12.6. The molecule has 1 amide bonds. The molecule has 2 aromatic rings. The van der Waals surface area contributed by atoms with Gasteiger partial charge in [0.2, 0.25) is 10.0 Å². The normalized spacial score (nSPS) is 11.1. The quantitative estimate of drug-likeness (QED) is 0.860. The lowest BCUT2D eigenvalue weighted by molar-refractivity contribution is 0.102. The summed E-state index contributed by atoms with van der Waals surface area (Å²) in [7, 11) is -0.589. The number of benzene rings is 2. The number of nitrogens with one attached hydrogen (secondary N) is 1. The van der Waals surface area contributed by atoms with Crippen LogP contribution in [0.5, 0.6) is 5.75 Å². The molecule has 134 valence electrons. The number of methoxy groups -OCH3 is 1. The van der Waals surface area contributed by atoms with Crippen LogP contribution in [0.3, 0.4) is 0 Å². The predicted molar refractivity (Wildman–Crippen MR) is 100 cm³/mol. The fourth-order valence-electron chi connectivity index (χ4n) is 2.13. The van der Waals surface area contributed by atoms with Crippen molar-refractivity contribution in [1.29, 1.82) is 0 Å². The van der Waals surface area contributed by atoms with Crippen molar-refractivity contribution in [2.45, 2.75) is 6.92 Å². The van der Waals surface area contributed by atoms with E-state index in [4.69, 9.17) is 16.3 Å². The number of hydrogen-bond acceptors (Lipinski definition) is 4. The summed E-state index contributed by atoms with van der Waals surface area (Å²) in [4.78, 5) is 12.6. The van der Waals surface area contributed by atoms with E-state index < -0.39 is 15.9 Å². The second-order valence-corrected chi connectivity index (χ2v) is 7.95. The molecule has 0 aliphatic rings. The molecule has 2 rings (SSSR count). The van der Waals surface area contributed by atoms with Gasteiger partial charge in [0.05, 0.1) is 24.6 Å². The first-order valence-corrected chi connectivity index (χ1v) is 9.55. The minimum Gasteiger partial charge on any atom is -0.496 e. The molecule has 1 N–H and O–H groups in total. The standard InChI is InChI=1S/C17H19ClN2O4S/c1-11-5-6-12(9-15(11)18)19-17(21)14-10-13(7-8-16(14)24-3)20(2)25(4,22)23/h5-10H,1-4H3,(H,19,21). The number of halogens is 1. The van der Waals surface area contributed by atoms with Gasteiger partial charge >= 0.3 is 0 Å². The summed E-state index contributed by atoms with van der Waals surface area (Å²) in [6.45, 7) is 1.86. The summed E-state index contributed by atoms with van der Waals surface area (Å²) < 4.78 is 29.7. The van der Waals surface area contributed by atoms with Gasteiger partial charge in [0.25, 0.3) is 5.91 Å².